The maximum Gasteiger partial charge on any atom is 0.417 e. The van der Waals surface area contributed by atoms with Gasteiger partial charge in [-0.15, -0.1) is 0 Å². The molecule has 208 valence electrons. The van der Waals surface area contributed by atoms with E-state index >= 15 is 0 Å². The number of fused-ring (bicyclic) bond motifs is 2. The fourth-order valence-electron chi connectivity index (χ4n) is 5.72. The highest BCUT2D eigenvalue weighted by atomic mass is 19.4. The summed E-state index contributed by atoms with van der Waals surface area (Å²) in [6, 6.07) is 2.52. The Hall–Kier alpha value is -3.74. The van der Waals surface area contributed by atoms with Gasteiger partial charge in [0, 0.05) is 68.9 Å². The molecule has 0 unspecified atom stereocenters. The Labute approximate surface area is 223 Å². The first-order chi connectivity index (χ1) is 18.7. The number of carbonyl (C=O) groups excluding carboxylic acids is 1. The second-order valence-electron chi connectivity index (χ2n) is 10.0. The van der Waals surface area contributed by atoms with Crippen molar-refractivity contribution in [2.45, 2.75) is 38.0 Å². The molecular weight excluding hydrogens is 515 g/mol. The van der Waals surface area contributed by atoms with E-state index in [1.54, 1.807) is 25.2 Å². The molecule has 0 saturated carbocycles. The van der Waals surface area contributed by atoms with E-state index in [0.717, 1.165) is 30.2 Å². The van der Waals surface area contributed by atoms with Crippen LogP contribution in [-0.2, 0) is 30.9 Å². The van der Waals surface area contributed by atoms with Crippen LogP contribution >= 0.6 is 0 Å². The highest BCUT2D eigenvalue weighted by molar-refractivity contribution is 5.80. The number of aryl methyl sites for hydroxylation is 1. The maximum absolute atomic E-state index is 14.4. The number of hydrogen-bond donors (Lipinski definition) is 1. The predicted molar refractivity (Wildman–Crippen MR) is 136 cm³/mol. The summed E-state index contributed by atoms with van der Waals surface area (Å²) in [5.74, 6) is 0.915. The number of amides is 2. The minimum Gasteiger partial charge on any atom is -0.490 e. The third kappa shape index (κ3) is 4.58. The molecule has 2 aromatic heterocycles. The van der Waals surface area contributed by atoms with Gasteiger partial charge >= 0.3 is 12.2 Å². The van der Waals surface area contributed by atoms with Crippen LogP contribution in [0.25, 0.3) is 11.1 Å². The van der Waals surface area contributed by atoms with Crippen molar-refractivity contribution >= 4 is 17.5 Å². The first kappa shape index (κ1) is 25.5. The van der Waals surface area contributed by atoms with Crippen molar-refractivity contribution in [1.29, 1.82) is 0 Å². The lowest BCUT2D eigenvalue weighted by atomic mass is 9.99. The van der Waals surface area contributed by atoms with E-state index < -0.39 is 11.7 Å². The molecule has 3 aliphatic heterocycles. The zero-order valence-electron chi connectivity index (χ0n) is 21.8. The summed E-state index contributed by atoms with van der Waals surface area (Å²) >= 11 is 0. The van der Waals surface area contributed by atoms with Gasteiger partial charge in [-0.05, 0) is 25.0 Å². The zero-order valence-corrected chi connectivity index (χ0v) is 21.8. The number of aromatic nitrogens is 4. The first-order valence-electron chi connectivity index (χ1n) is 13.0. The lowest BCUT2D eigenvalue weighted by Gasteiger charge is -2.33. The first-order valence-corrected chi connectivity index (χ1v) is 13.0. The number of hydrogen-bond acceptors (Lipinski definition) is 6. The molecule has 0 radical (unpaired) electrons. The van der Waals surface area contributed by atoms with Gasteiger partial charge in [0.1, 0.15) is 12.4 Å². The lowest BCUT2D eigenvalue weighted by molar-refractivity contribution is -0.137. The van der Waals surface area contributed by atoms with E-state index in [9.17, 15) is 18.0 Å². The normalized spacial score (nSPS) is 18.0. The Morgan fingerprint density at radius 1 is 1.15 bits per heavy atom. The van der Waals surface area contributed by atoms with E-state index in [-0.39, 0.29) is 24.2 Å². The number of rotatable bonds is 3. The van der Waals surface area contributed by atoms with Crippen molar-refractivity contribution in [3.63, 3.8) is 0 Å². The molecule has 1 saturated heterocycles. The number of nitrogens with one attached hydrogen (secondary N) is 1. The molecule has 0 atom stereocenters. The molecular formula is C26H30F3N7O3. The Kier molecular flexibility index (Phi) is 6.40. The molecule has 3 aliphatic rings. The van der Waals surface area contributed by atoms with Gasteiger partial charge in [0.2, 0.25) is 0 Å². The fraction of sp³-hybridized carbons (Fsp3) is 0.500. The molecule has 1 aromatic carbocycles. The smallest absolute Gasteiger partial charge is 0.417 e. The molecule has 2 amide bonds. The van der Waals surface area contributed by atoms with Crippen LogP contribution in [0.15, 0.2) is 24.5 Å². The van der Waals surface area contributed by atoms with Crippen molar-refractivity contribution in [3.8, 4) is 16.9 Å². The van der Waals surface area contributed by atoms with Crippen LogP contribution in [0.5, 0.6) is 5.75 Å². The number of halogens is 3. The fourth-order valence-corrected chi connectivity index (χ4v) is 5.72. The average molecular weight is 546 g/mol. The van der Waals surface area contributed by atoms with Crippen molar-refractivity contribution in [1.82, 2.24) is 29.8 Å². The molecule has 13 heteroatoms. The average Bonchev–Trinajstić information content (AvgIpc) is 3.55. The molecule has 10 nitrogen and oxygen atoms in total. The Balaban J connectivity index is 1.48. The lowest BCUT2D eigenvalue weighted by Crippen LogP contribution is -2.42. The van der Waals surface area contributed by atoms with Crippen LogP contribution in [0.2, 0.25) is 0 Å². The van der Waals surface area contributed by atoms with Gasteiger partial charge < -0.3 is 24.6 Å². The Morgan fingerprint density at radius 3 is 2.64 bits per heavy atom. The van der Waals surface area contributed by atoms with Crippen LogP contribution in [0.4, 0.5) is 29.5 Å². The molecule has 39 heavy (non-hydrogen) atoms. The molecule has 0 bridgehead atoms. The highest BCUT2D eigenvalue weighted by Crippen LogP contribution is 2.47. The van der Waals surface area contributed by atoms with E-state index in [4.69, 9.17) is 14.6 Å². The summed E-state index contributed by atoms with van der Waals surface area (Å²) in [4.78, 5) is 16.0. The van der Waals surface area contributed by atoms with Crippen molar-refractivity contribution in [2.24, 2.45) is 7.05 Å². The van der Waals surface area contributed by atoms with Gasteiger partial charge in [-0.1, -0.05) is 0 Å². The number of anilines is 2. The number of alkyl halides is 3. The molecule has 1 fully saturated rings. The second kappa shape index (κ2) is 9.78. The summed E-state index contributed by atoms with van der Waals surface area (Å²) in [6.07, 6.45) is 0.588. The van der Waals surface area contributed by atoms with Gasteiger partial charge in [-0.3, -0.25) is 9.36 Å². The van der Waals surface area contributed by atoms with Crippen LogP contribution in [-0.4, -0.2) is 70.4 Å². The summed E-state index contributed by atoms with van der Waals surface area (Å²) in [6.45, 7) is 2.72. The minimum atomic E-state index is -4.60. The van der Waals surface area contributed by atoms with Gasteiger partial charge in [-0.2, -0.15) is 23.4 Å². The highest BCUT2D eigenvalue weighted by Gasteiger charge is 2.39. The number of urea groups is 1. The van der Waals surface area contributed by atoms with E-state index in [0.29, 0.717) is 62.1 Å². The second-order valence-corrected chi connectivity index (χ2v) is 10.0. The van der Waals surface area contributed by atoms with Crippen LogP contribution in [0, 0.1) is 0 Å². The molecule has 0 aliphatic carbocycles. The monoisotopic (exact) mass is 545 g/mol. The van der Waals surface area contributed by atoms with Crippen molar-refractivity contribution < 1.29 is 27.4 Å². The largest absolute Gasteiger partial charge is 0.490 e. The maximum atomic E-state index is 14.4. The minimum absolute atomic E-state index is 0.0109. The van der Waals surface area contributed by atoms with E-state index in [1.165, 1.54) is 16.9 Å². The Morgan fingerprint density at radius 2 is 1.95 bits per heavy atom. The van der Waals surface area contributed by atoms with Gasteiger partial charge in [0.25, 0.3) is 0 Å². The number of nitrogens with zero attached hydrogens (tertiary/aromatic N) is 6. The molecule has 5 heterocycles. The molecule has 3 aromatic rings. The van der Waals surface area contributed by atoms with Gasteiger partial charge in [-0.25, -0.2) is 4.79 Å². The quantitative estimate of drug-likeness (QED) is 0.538. The summed E-state index contributed by atoms with van der Waals surface area (Å²) in [7, 11) is 3.24. The Bertz CT molecular complexity index is 1390. The predicted octanol–water partition coefficient (Wildman–Crippen LogP) is 3.88. The standard InChI is InChI=1S/C26H30F3N7O3/c1-30-25(37)34-6-3-21-19(15-34)24(32-36(21)17-4-8-38-9-5-17)35-7-10-39-23-11-18(16-13-31-33(2)14-16)20(12-22(23)35)26(27,28)29/h11-14,17H,3-10,15H2,1-2H3,(H,30,37). The summed E-state index contributed by atoms with van der Waals surface area (Å²) in [5.41, 5.74) is 1.78. The van der Waals surface area contributed by atoms with Crippen LogP contribution in [0.1, 0.15) is 35.7 Å². The third-order valence-corrected chi connectivity index (χ3v) is 7.64. The number of carbonyl (C=O) groups is 1. The molecule has 6 rings (SSSR count). The number of ether oxygens (including phenoxy) is 2. The summed E-state index contributed by atoms with van der Waals surface area (Å²) in [5, 5.41) is 11.7. The SMILES string of the molecule is CNC(=O)N1CCc2c(c(N3CCOc4cc(-c5cnn(C)c5)c(C(F)(F)F)cc43)nn2C2CCOCC2)C1. The molecule has 0 spiro atoms. The van der Waals surface area contributed by atoms with Crippen LogP contribution < -0.4 is 15.0 Å². The van der Waals surface area contributed by atoms with E-state index in [2.05, 4.69) is 10.4 Å². The third-order valence-electron chi connectivity index (χ3n) is 7.64. The van der Waals surface area contributed by atoms with Gasteiger partial charge in [0.05, 0.1) is 36.6 Å². The molecule has 1 N–H and O–H groups in total. The number of benzene rings is 1. The van der Waals surface area contributed by atoms with Crippen molar-refractivity contribution in [2.75, 3.05) is 44.9 Å². The van der Waals surface area contributed by atoms with Crippen molar-refractivity contribution in [3.05, 3.63) is 41.3 Å². The summed E-state index contributed by atoms with van der Waals surface area (Å²) < 4.78 is 58.0. The topological polar surface area (TPSA) is 89.7 Å². The van der Waals surface area contributed by atoms with E-state index in [1.807, 2.05) is 9.58 Å². The van der Waals surface area contributed by atoms with Crippen LogP contribution in [0.3, 0.4) is 0 Å². The van der Waals surface area contributed by atoms with Gasteiger partial charge in [0.15, 0.2) is 5.82 Å². The zero-order chi connectivity index (χ0) is 27.3.